The molecule has 14 heavy (non-hydrogen) atoms. The van der Waals surface area contributed by atoms with E-state index in [-0.39, 0.29) is 0 Å². The molecule has 2 nitrogen and oxygen atoms in total. The van der Waals surface area contributed by atoms with Crippen LogP contribution in [0.25, 0.3) is 10.9 Å². The molecule has 0 radical (unpaired) electrons. The summed E-state index contributed by atoms with van der Waals surface area (Å²) in [7, 11) is 0. The van der Waals surface area contributed by atoms with E-state index in [1.165, 1.54) is 5.39 Å². The van der Waals surface area contributed by atoms with E-state index in [2.05, 4.69) is 50.1 Å². The van der Waals surface area contributed by atoms with E-state index in [4.69, 9.17) is 0 Å². The molecular weight excluding hydrogens is 279 g/mol. The predicted octanol–water partition coefficient (Wildman–Crippen LogP) is 2.42. The fraction of sp³-hybridized carbons (Fsp3) is 0.364. The van der Waals surface area contributed by atoms with Crippen molar-refractivity contribution < 1.29 is 0 Å². The van der Waals surface area contributed by atoms with Gasteiger partial charge in [0.05, 0.1) is 0 Å². The Labute approximate surface area is 88.6 Å². The molecule has 1 N–H and O–H groups in total. The first kappa shape index (κ1) is 10.0. The minimum absolute atomic E-state index is 1.11. The summed E-state index contributed by atoms with van der Waals surface area (Å²) >= 11 is -1.90. The molecule has 0 aliphatic heterocycles. The molecule has 0 bridgehead atoms. The Kier molecular flexibility index (Phi) is 2.33. The average Bonchev–Trinajstić information content (AvgIpc) is 2.46. The van der Waals surface area contributed by atoms with Gasteiger partial charge in [-0.2, -0.15) is 0 Å². The molecule has 2 aromatic rings. The summed E-state index contributed by atoms with van der Waals surface area (Å²) in [5, 5.41) is 8.54. The van der Waals surface area contributed by atoms with E-state index < -0.39 is 18.4 Å². The molecule has 1 aromatic carbocycles. The molecule has 74 valence electrons. The Hall–Kier alpha value is -0.511. The first-order valence-corrected chi connectivity index (χ1v) is 14.9. The Morgan fingerprint density at radius 3 is 2.57 bits per heavy atom. The van der Waals surface area contributed by atoms with Crippen LogP contribution in [0.1, 0.15) is 5.69 Å². The second kappa shape index (κ2) is 3.26. The van der Waals surface area contributed by atoms with Crippen LogP contribution in [-0.2, 0) is 0 Å². The Morgan fingerprint density at radius 1 is 1.21 bits per heavy atom. The third-order valence-electron chi connectivity index (χ3n) is 2.62. The molecule has 0 fully saturated rings. The van der Waals surface area contributed by atoms with Crippen LogP contribution >= 0.6 is 0 Å². The molecule has 2 rings (SSSR count). The molecule has 0 saturated heterocycles. The molecule has 0 unspecified atom stereocenters. The molecule has 0 spiro atoms. The standard InChI is InChI=1S/C8H7N2.3CH3.Sn/c1-6-7-4-2-3-5-8(7)10-9-6;;;;/h3-5H,1H3,(H,9,10);3*1H3;. The first-order valence-electron chi connectivity index (χ1n) is 4.94. The number of rotatable bonds is 1. The van der Waals surface area contributed by atoms with Gasteiger partial charge in [0.2, 0.25) is 0 Å². The summed E-state index contributed by atoms with van der Waals surface area (Å²) in [5.74, 6) is 0. The van der Waals surface area contributed by atoms with Crippen LogP contribution in [0.4, 0.5) is 0 Å². The second-order valence-corrected chi connectivity index (χ2v) is 19.3. The number of aryl methyl sites for hydroxylation is 1. The molecule has 0 aliphatic carbocycles. The number of H-pyrrole nitrogens is 1. The zero-order chi connectivity index (χ0) is 10.3. The van der Waals surface area contributed by atoms with E-state index in [0.717, 1.165) is 11.2 Å². The van der Waals surface area contributed by atoms with Crippen molar-refractivity contribution in [3.63, 3.8) is 0 Å². The Balaban J connectivity index is 2.66. The predicted molar refractivity (Wildman–Crippen MR) is 63.8 cm³/mol. The zero-order valence-electron chi connectivity index (χ0n) is 9.18. The van der Waals surface area contributed by atoms with Crippen LogP contribution in [0.3, 0.4) is 0 Å². The molecule has 1 heterocycles. The van der Waals surface area contributed by atoms with Gasteiger partial charge >= 0.3 is 88.7 Å². The summed E-state index contributed by atoms with van der Waals surface area (Å²) in [5.41, 5.74) is 2.26. The first-order chi connectivity index (χ1) is 6.48. The normalized spacial score (nSPS) is 12.3. The molecule has 1 aromatic heterocycles. The summed E-state index contributed by atoms with van der Waals surface area (Å²) in [6.07, 6.45) is 0. The minimum atomic E-state index is -1.90. The van der Waals surface area contributed by atoms with Crippen LogP contribution in [0.5, 0.6) is 0 Å². The number of fused-ring (bicyclic) bond motifs is 1. The fourth-order valence-corrected chi connectivity index (χ4v) is 4.92. The van der Waals surface area contributed by atoms with Crippen molar-refractivity contribution in [2.24, 2.45) is 0 Å². The van der Waals surface area contributed by atoms with Gasteiger partial charge in [0.1, 0.15) is 0 Å². The van der Waals surface area contributed by atoms with Crippen molar-refractivity contribution in [2.75, 3.05) is 0 Å². The van der Waals surface area contributed by atoms with Gasteiger partial charge in [-0.1, -0.05) is 0 Å². The molecule has 0 aliphatic rings. The summed E-state index contributed by atoms with van der Waals surface area (Å²) in [4.78, 5) is 7.31. The summed E-state index contributed by atoms with van der Waals surface area (Å²) < 4.78 is 1.57. The molecule has 0 saturated carbocycles. The van der Waals surface area contributed by atoms with Crippen molar-refractivity contribution in [2.45, 2.75) is 21.7 Å². The van der Waals surface area contributed by atoms with Crippen molar-refractivity contribution in [1.29, 1.82) is 0 Å². The van der Waals surface area contributed by atoms with Gasteiger partial charge in [-0.15, -0.1) is 0 Å². The van der Waals surface area contributed by atoms with Crippen LogP contribution < -0.4 is 3.58 Å². The van der Waals surface area contributed by atoms with Crippen molar-refractivity contribution in [1.82, 2.24) is 10.2 Å². The SMILES string of the molecule is Cc1n[nH]c2cc[c]([Sn]([CH3])([CH3])[CH3])cc12. The van der Waals surface area contributed by atoms with Crippen molar-refractivity contribution in [3.8, 4) is 0 Å². The van der Waals surface area contributed by atoms with Crippen molar-refractivity contribution >= 4 is 32.9 Å². The number of nitrogens with one attached hydrogen (secondary N) is 1. The Bertz CT molecular complexity index is 466. The topological polar surface area (TPSA) is 28.7 Å². The summed E-state index contributed by atoms with van der Waals surface area (Å²) in [6.45, 7) is 2.06. The van der Waals surface area contributed by atoms with Gasteiger partial charge in [-0.05, 0) is 0 Å². The third-order valence-corrected chi connectivity index (χ3v) is 8.45. The van der Waals surface area contributed by atoms with E-state index in [1.807, 2.05) is 0 Å². The van der Waals surface area contributed by atoms with Crippen LogP contribution in [0.15, 0.2) is 18.2 Å². The number of aromatic amines is 1. The molecule has 0 atom stereocenters. The van der Waals surface area contributed by atoms with E-state index in [0.29, 0.717) is 0 Å². The molecule has 0 amide bonds. The number of nitrogens with zero attached hydrogens (tertiary/aromatic N) is 1. The van der Waals surface area contributed by atoms with Gasteiger partial charge in [0.15, 0.2) is 0 Å². The van der Waals surface area contributed by atoms with Gasteiger partial charge in [0.25, 0.3) is 0 Å². The maximum absolute atomic E-state index is 4.22. The van der Waals surface area contributed by atoms with Crippen LogP contribution in [-0.4, -0.2) is 28.6 Å². The molecule has 3 heteroatoms. The Morgan fingerprint density at radius 2 is 1.93 bits per heavy atom. The molecular formula is C11H16N2Sn. The van der Waals surface area contributed by atoms with Gasteiger partial charge in [0, 0.05) is 0 Å². The van der Waals surface area contributed by atoms with Gasteiger partial charge in [-0.3, -0.25) is 0 Å². The summed E-state index contributed by atoms with van der Waals surface area (Å²) in [6, 6.07) is 6.74. The number of hydrogen-bond donors (Lipinski definition) is 1. The maximum atomic E-state index is 4.22. The van der Waals surface area contributed by atoms with E-state index in [1.54, 1.807) is 3.58 Å². The number of hydrogen-bond acceptors (Lipinski definition) is 1. The monoisotopic (exact) mass is 296 g/mol. The number of aromatic nitrogens is 2. The van der Waals surface area contributed by atoms with E-state index >= 15 is 0 Å². The second-order valence-electron chi connectivity index (χ2n) is 4.82. The number of benzene rings is 1. The fourth-order valence-electron chi connectivity index (χ4n) is 1.61. The third kappa shape index (κ3) is 1.67. The quantitative estimate of drug-likeness (QED) is 0.804. The average molecular weight is 295 g/mol. The van der Waals surface area contributed by atoms with E-state index in [9.17, 15) is 0 Å². The van der Waals surface area contributed by atoms with Crippen LogP contribution in [0.2, 0.25) is 14.8 Å². The van der Waals surface area contributed by atoms with Gasteiger partial charge < -0.3 is 0 Å². The van der Waals surface area contributed by atoms with Crippen LogP contribution in [0, 0.1) is 6.92 Å². The zero-order valence-corrected chi connectivity index (χ0v) is 12.0. The van der Waals surface area contributed by atoms with Gasteiger partial charge in [-0.25, -0.2) is 0 Å². The van der Waals surface area contributed by atoms with Crippen molar-refractivity contribution in [3.05, 3.63) is 23.9 Å².